The molecular formula is C18H19N3OS. The van der Waals surface area contributed by atoms with Crippen molar-refractivity contribution >= 4 is 33.8 Å². The Hall–Kier alpha value is -2.66. The molecule has 3 N–H and O–H groups in total. The quantitative estimate of drug-likeness (QED) is 0.439. The highest BCUT2D eigenvalue weighted by atomic mass is 32.1. The lowest BCUT2D eigenvalue weighted by Gasteiger charge is -2.00. The molecule has 1 aromatic heterocycles. The number of nitrogens with one attached hydrogen (secondary N) is 1. The number of benzene rings is 1. The van der Waals surface area contributed by atoms with E-state index in [2.05, 4.69) is 16.9 Å². The Labute approximate surface area is 140 Å². The first kappa shape index (κ1) is 16.7. The number of aromatic nitrogens is 1. The Balaban J connectivity index is 2.11. The second-order valence-corrected chi connectivity index (χ2v) is 5.77. The molecule has 0 spiro atoms. The first-order valence-electron chi connectivity index (χ1n) is 7.27. The number of nitrogens with zero attached hydrogens (tertiary/aromatic N) is 1. The van der Waals surface area contributed by atoms with Crippen LogP contribution in [0.1, 0.15) is 23.0 Å². The third kappa shape index (κ3) is 4.66. The van der Waals surface area contributed by atoms with Gasteiger partial charge in [0.1, 0.15) is 10.7 Å². The zero-order chi connectivity index (χ0) is 16.7. The van der Waals surface area contributed by atoms with Gasteiger partial charge in [0.15, 0.2) is 5.13 Å². The van der Waals surface area contributed by atoms with Gasteiger partial charge in [-0.2, -0.15) is 0 Å². The zero-order valence-electron chi connectivity index (χ0n) is 13.0. The number of carbonyl (C=O) groups is 1. The van der Waals surface area contributed by atoms with Gasteiger partial charge in [-0.3, -0.25) is 4.79 Å². The van der Waals surface area contributed by atoms with Crippen LogP contribution >= 0.6 is 11.3 Å². The highest BCUT2D eigenvalue weighted by Crippen LogP contribution is 2.29. The van der Waals surface area contributed by atoms with Crippen molar-refractivity contribution in [3.05, 3.63) is 71.7 Å². The second kappa shape index (κ2) is 8.10. The van der Waals surface area contributed by atoms with Crippen molar-refractivity contribution in [2.24, 2.45) is 0 Å². The fourth-order valence-electron chi connectivity index (χ4n) is 1.80. The number of rotatable bonds is 7. The van der Waals surface area contributed by atoms with E-state index in [4.69, 9.17) is 5.73 Å². The van der Waals surface area contributed by atoms with Gasteiger partial charge in [0, 0.05) is 11.3 Å². The van der Waals surface area contributed by atoms with Crippen molar-refractivity contribution in [2.75, 3.05) is 11.1 Å². The predicted octanol–water partition coefficient (Wildman–Crippen LogP) is 4.73. The molecule has 0 amide bonds. The molecule has 0 saturated carbocycles. The molecule has 1 aromatic carbocycles. The standard InChI is InChI=1S/C18H19N3OS/c1-3-4-5-7-10-13(2)15(22)16-17(19)21-18(23-16)20-14-11-8-6-9-12-14/h4-12H,2-3,19H2,1H3,(H,20,21)/b5-4-,10-7-. The van der Waals surface area contributed by atoms with Gasteiger partial charge in [-0.1, -0.05) is 67.3 Å². The maximum Gasteiger partial charge on any atom is 0.206 e. The second-order valence-electron chi connectivity index (χ2n) is 4.77. The number of ketones is 1. The summed E-state index contributed by atoms with van der Waals surface area (Å²) in [6, 6.07) is 9.60. The maximum absolute atomic E-state index is 12.4. The van der Waals surface area contributed by atoms with Crippen LogP contribution < -0.4 is 11.1 Å². The minimum atomic E-state index is -0.206. The topological polar surface area (TPSA) is 68.0 Å². The van der Waals surface area contributed by atoms with E-state index >= 15 is 0 Å². The third-order valence-corrected chi connectivity index (χ3v) is 3.94. The number of anilines is 3. The molecule has 2 rings (SSSR count). The van der Waals surface area contributed by atoms with Crippen LogP contribution in [-0.2, 0) is 0 Å². The number of hydrogen-bond donors (Lipinski definition) is 2. The summed E-state index contributed by atoms with van der Waals surface area (Å²) < 4.78 is 0. The highest BCUT2D eigenvalue weighted by molar-refractivity contribution is 7.18. The summed E-state index contributed by atoms with van der Waals surface area (Å²) >= 11 is 1.22. The molecule has 5 heteroatoms. The van der Waals surface area contributed by atoms with Crippen LogP contribution in [0, 0.1) is 0 Å². The van der Waals surface area contributed by atoms with Crippen LogP contribution in [0.4, 0.5) is 16.6 Å². The summed E-state index contributed by atoms with van der Waals surface area (Å²) in [4.78, 5) is 17.0. The lowest BCUT2D eigenvalue weighted by Crippen LogP contribution is -2.01. The molecule has 0 aliphatic carbocycles. The fourth-order valence-corrected chi connectivity index (χ4v) is 2.68. The summed E-state index contributed by atoms with van der Waals surface area (Å²) in [7, 11) is 0. The Morgan fingerprint density at radius 2 is 2.09 bits per heavy atom. The Morgan fingerprint density at radius 1 is 1.35 bits per heavy atom. The number of nitrogen functional groups attached to an aromatic ring is 1. The molecule has 4 nitrogen and oxygen atoms in total. The van der Waals surface area contributed by atoms with Crippen molar-refractivity contribution in [1.29, 1.82) is 0 Å². The van der Waals surface area contributed by atoms with E-state index in [9.17, 15) is 4.79 Å². The predicted molar refractivity (Wildman–Crippen MR) is 98.3 cm³/mol. The summed E-state index contributed by atoms with van der Waals surface area (Å²) in [6.07, 6.45) is 8.30. The largest absolute Gasteiger partial charge is 0.382 e. The average Bonchev–Trinajstić information content (AvgIpc) is 2.92. The van der Waals surface area contributed by atoms with Gasteiger partial charge in [0.2, 0.25) is 5.78 Å². The number of carbonyl (C=O) groups excluding carboxylic acids is 1. The first-order chi connectivity index (χ1) is 11.1. The molecule has 0 fully saturated rings. The summed E-state index contributed by atoms with van der Waals surface area (Å²) in [5.74, 6) is 0.0133. The van der Waals surface area contributed by atoms with E-state index in [-0.39, 0.29) is 11.6 Å². The number of allylic oxidation sites excluding steroid dienone is 5. The van der Waals surface area contributed by atoms with Gasteiger partial charge in [-0.25, -0.2) is 4.98 Å². The van der Waals surface area contributed by atoms with E-state index in [0.717, 1.165) is 12.1 Å². The lowest BCUT2D eigenvalue weighted by atomic mass is 10.1. The normalized spacial score (nSPS) is 11.2. The number of thiazole rings is 1. The van der Waals surface area contributed by atoms with Crippen LogP contribution in [0.2, 0.25) is 0 Å². The Kier molecular flexibility index (Phi) is 5.88. The van der Waals surface area contributed by atoms with Crippen LogP contribution in [-0.4, -0.2) is 10.8 Å². The molecule has 0 aliphatic heterocycles. The van der Waals surface area contributed by atoms with Gasteiger partial charge in [0.25, 0.3) is 0 Å². The fraction of sp³-hybridized carbons (Fsp3) is 0.111. The molecule has 0 radical (unpaired) electrons. The average molecular weight is 325 g/mol. The van der Waals surface area contributed by atoms with Gasteiger partial charge in [-0.15, -0.1) is 0 Å². The van der Waals surface area contributed by atoms with Crippen LogP contribution in [0.5, 0.6) is 0 Å². The number of para-hydroxylation sites is 1. The number of Topliss-reactive ketones (excluding diaryl/α,β-unsaturated/α-hetero) is 1. The molecule has 0 bridgehead atoms. The van der Waals surface area contributed by atoms with E-state index in [1.165, 1.54) is 11.3 Å². The third-order valence-electron chi connectivity index (χ3n) is 2.96. The van der Waals surface area contributed by atoms with E-state index < -0.39 is 0 Å². The number of hydrogen-bond acceptors (Lipinski definition) is 5. The van der Waals surface area contributed by atoms with E-state index in [0.29, 0.717) is 15.6 Å². The maximum atomic E-state index is 12.4. The summed E-state index contributed by atoms with van der Waals surface area (Å²) in [6.45, 7) is 5.84. The molecule has 0 unspecified atom stereocenters. The van der Waals surface area contributed by atoms with Gasteiger partial charge < -0.3 is 11.1 Å². The van der Waals surface area contributed by atoms with Crippen LogP contribution in [0.25, 0.3) is 0 Å². The minimum Gasteiger partial charge on any atom is -0.382 e. The van der Waals surface area contributed by atoms with Crippen molar-refractivity contribution in [2.45, 2.75) is 13.3 Å². The van der Waals surface area contributed by atoms with Crippen molar-refractivity contribution in [3.63, 3.8) is 0 Å². The monoisotopic (exact) mass is 325 g/mol. The van der Waals surface area contributed by atoms with Gasteiger partial charge in [-0.05, 0) is 18.6 Å². The van der Waals surface area contributed by atoms with Crippen molar-refractivity contribution in [3.8, 4) is 0 Å². The molecule has 23 heavy (non-hydrogen) atoms. The molecule has 0 atom stereocenters. The minimum absolute atomic E-state index is 0.206. The molecule has 118 valence electrons. The molecule has 0 saturated heterocycles. The van der Waals surface area contributed by atoms with E-state index in [1.54, 1.807) is 12.2 Å². The lowest BCUT2D eigenvalue weighted by molar-refractivity contribution is 0.104. The first-order valence-corrected chi connectivity index (χ1v) is 8.08. The SMILES string of the molecule is C=C(/C=C\C=C/CC)C(=O)c1sc(Nc2ccccc2)nc1N. The smallest absolute Gasteiger partial charge is 0.206 e. The Morgan fingerprint density at radius 3 is 2.78 bits per heavy atom. The molecule has 0 aliphatic rings. The molecule has 2 aromatic rings. The summed E-state index contributed by atoms with van der Waals surface area (Å²) in [5.41, 5.74) is 7.14. The van der Waals surface area contributed by atoms with Crippen molar-refractivity contribution < 1.29 is 4.79 Å². The van der Waals surface area contributed by atoms with Gasteiger partial charge in [0.05, 0.1) is 0 Å². The van der Waals surface area contributed by atoms with Gasteiger partial charge >= 0.3 is 0 Å². The zero-order valence-corrected chi connectivity index (χ0v) is 13.8. The van der Waals surface area contributed by atoms with Crippen LogP contribution in [0.15, 0.2) is 66.8 Å². The Bertz CT molecular complexity index is 745. The highest BCUT2D eigenvalue weighted by Gasteiger charge is 2.17. The van der Waals surface area contributed by atoms with E-state index in [1.807, 2.05) is 49.4 Å². The number of nitrogens with two attached hydrogens (primary N) is 1. The van der Waals surface area contributed by atoms with Crippen molar-refractivity contribution in [1.82, 2.24) is 4.98 Å². The molecular weight excluding hydrogens is 306 g/mol. The summed E-state index contributed by atoms with van der Waals surface area (Å²) in [5, 5.41) is 3.72. The van der Waals surface area contributed by atoms with Crippen LogP contribution in [0.3, 0.4) is 0 Å². The molecule has 1 heterocycles.